The third-order valence-corrected chi connectivity index (χ3v) is 3.99. The van der Waals surface area contributed by atoms with Crippen molar-refractivity contribution < 1.29 is 14.6 Å². The normalized spacial score (nSPS) is 20.3. The van der Waals surface area contributed by atoms with Gasteiger partial charge in [0.15, 0.2) is 11.5 Å². The molecular weight excluding hydrogens is 230 g/mol. The average molecular weight is 249 g/mol. The molecule has 98 valence electrons. The molecule has 18 heavy (non-hydrogen) atoms. The first-order valence-electron chi connectivity index (χ1n) is 6.53. The van der Waals surface area contributed by atoms with Crippen LogP contribution < -0.4 is 14.8 Å². The van der Waals surface area contributed by atoms with Crippen LogP contribution in [0.5, 0.6) is 17.2 Å². The Hall–Kier alpha value is -1.42. The zero-order valence-electron chi connectivity index (χ0n) is 10.7. The first-order chi connectivity index (χ1) is 8.66. The topological polar surface area (TPSA) is 50.7 Å². The summed E-state index contributed by atoms with van der Waals surface area (Å²) in [6, 6.07) is 3.50. The number of aromatic hydroxyl groups is 1. The fraction of sp³-hybridized carbons (Fsp3) is 0.571. The van der Waals surface area contributed by atoms with E-state index in [1.807, 2.05) is 6.07 Å². The molecule has 0 radical (unpaired) electrons. The zero-order valence-corrected chi connectivity index (χ0v) is 10.7. The van der Waals surface area contributed by atoms with E-state index in [2.05, 4.69) is 12.2 Å². The molecule has 1 aromatic rings. The molecule has 1 aliphatic heterocycles. The SMILES string of the molecule is CC1(NCc2cc3c(cc2O)OCO3)CCCC1. The lowest BCUT2D eigenvalue weighted by molar-refractivity contribution is 0.174. The number of phenols is 1. The molecule has 0 unspecified atom stereocenters. The first kappa shape index (κ1) is 11.7. The van der Waals surface area contributed by atoms with Crippen LogP contribution in [-0.2, 0) is 6.54 Å². The summed E-state index contributed by atoms with van der Waals surface area (Å²) in [5.74, 6) is 1.62. The molecule has 1 fully saturated rings. The van der Waals surface area contributed by atoms with Gasteiger partial charge in [-0.1, -0.05) is 12.8 Å². The van der Waals surface area contributed by atoms with Crippen molar-refractivity contribution in [3.8, 4) is 17.2 Å². The lowest BCUT2D eigenvalue weighted by Gasteiger charge is -2.25. The molecule has 0 atom stereocenters. The Morgan fingerprint density at radius 2 is 1.89 bits per heavy atom. The van der Waals surface area contributed by atoms with Crippen LogP contribution >= 0.6 is 0 Å². The van der Waals surface area contributed by atoms with Crippen LogP contribution in [0.1, 0.15) is 38.2 Å². The van der Waals surface area contributed by atoms with Gasteiger partial charge in [0.25, 0.3) is 0 Å². The molecule has 0 saturated heterocycles. The van der Waals surface area contributed by atoms with Crippen LogP contribution in [0.3, 0.4) is 0 Å². The molecule has 1 aromatic carbocycles. The summed E-state index contributed by atoms with van der Waals surface area (Å²) in [6.07, 6.45) is 4.99. The molecule has 1 heterocycles. The third kappa shape index (κ3) is 2.12. The summed E-state index contributed by atoms with van der Waals surface area (Å²) in [6.45, 7) is 3.16. The van der Waals surface area contributed by atoms with E-state index in [-0.39, 0.29) is 18.1 Å². The van der Waals surface area contributed by atoms with Crippen molar-refractivity contribution in [2.24, 2.45) is 0 Å². The number of hydrogen-bond acceptors (Lipinski definition) is 4. The van der Waals surface area contributed by atoms with Crippen molar-refractivity contribution in [3.05, 3.63) is 17.7 Å². The van der Waals surface area contributed by atoms with Gasteiger partial charge in [-0.15, -0.1) is 0 Å². The predicted octanol–water partition coefficient (Wildman–Crippen LogP) is 2.54. The fourth-order valence-corrected chi connectivity index (χ4v) is 2.76. The van der Waals surface area contributed by atoms with E-state index in [1.165, 1.54) is 25.7 Å². The average Bonchev–Trinajstić information content (AvgIpc) is 2.95. The Labute approximate surface area is 107 Å². The summed E-state index contributed by atoms with van der Waals surface area (Å²) >= 11 is 0. The minimum absolute atomic E-state index is 0.211. The van der Waals surface area contributed by atoms with Gasteiger partial charge in [0, 0.05) is 23.7 Å². The molecule has 4 nitrogen and oxygen atoms in total. The summed E-state index contributed by atoms with van der Waals surface area (Å²) in [4.78, 5) is 0. The first-order valence-corrected chi connectivity index (χ1v) is 6.53. The minimum atomic E-state index is 0.211. The van der Waals surface area contributed by atoms with Crippen molar-refractivity contribution >= 4 is 0 Å². The highest BCUT2D eigenvalue weighted by Gasteiger charge is 2.28. The standard InChI is InChI=1S/C14H19NO3/c1-14(4-2-3-5-14)15-8-10-6-12-13(7-11(10)16)18-9-17-12/h6-7,15-16H,2-5,8-9H2,1H3. The number of ether oxygens (including phenoxy) is 2. The second-order valence-electron chi connectivity index (χ2n) is 5.46. The Morgan fingerprint density at radius 3 is 2.61 bits per heavy atom. The van der Waals surface area contributed by atoms with Crippen LogP contribution in [0, 0.1) is 0 Å². The van der Waals surface area contributed by atoms with E-state index in [1.54, 1.807) is 6.07 Å². The van der Waals surface area contributed by atoms with Gasteiger partial charge in [0.1, 0.15) is 5.75 Å². The van der Waals surface area contributed by atoms with Gasteiger partial charge in [-0.25, -0.2) is 0 Å². The second kappa shape index (κ2) is 4.35. The van der Waals surface area contributed by atoms with E-state index in [0.29, 0.717) is 12.3 Å². The largest absolute Gasteiger partial charge is 0.507 e. The van der Waals surface area contributed by atoms with Crippen molar-refractivity contribution in [1.82, 2.24) is 5.32 Å². The fourth-order valence-electron chi connectivity index (χ4n) is 2.76. The van der Waals surface area contributed by atoms with Gasteiger partial charge in [-0.3, -0.25) is 0 Å². The predicted molar refractivity (Wildman–Crippen MR) is 67.9 cm³/mol. The number of nitrogens with one attached hydrogen (secondary N) is 1. The summed E-state index contributed by atoms with van der Waals surface area (Å²) < 4.78 is 10.6. The summed E-state index contributed by atoms with van der Waals surface area (Å²) in [5, 5.41) is 13.5. The smallest absolute Gasteiger partial charge is 0.231 e. The van der Waals surface area contributed by atoms with Gasteiger partial charge in [-0.05, 0) is 25.8 Å². The Balaban J connectivity index is 1.73. The van der Waals surface area contributed by atoms with Crippen LogP contribution in [-0.4, -0.2) is 17.4 Å². The van der Waals surface area contributed by atoms with E-state index in [9.17, 15) is 5.11 Å². The van der Waals surface area contributed by atoms with Crippen molar-refractivity contribution in [2.45, 2.75) is 44.7 Å². The zero-order chi connectivity index (χ0) is 12.6. The van der Waals surface area contributed by atoms with Gasteiger partial charge >= 0.3 is 0 Å². The molecular formula is C14H19NO3. The van der Waals surface area contributed by atoms with Gasteiger partial charge < -0.3 is 19.9 Å². The Kier molecular flexibility index (Phi) is 2.82. The summed E-state index contributed by atoms with van der Waals surface area (Å²) in [7, 11) is 0. The quantitative estimate of drug-likeness (QED) is 0.864. The highest BCUT2D eigenvalue weighted by molar-refractivity contribution is 5.51. The number of fused-ring (bicyclic) bond motifs is 1. The van der Waals surface area contributed by atoms with Gasteiger partial charge in [0.05, 0.1) is 0 Å². The number of rotatable bonds is 3. The maximum atomic E-state index is 9.96. The molecule has 0 aromatic heterocycles. The molecule has 0 bridgehead atoms. The second-order valence-corrected chi connectivity index (χ2v) is 5.46. The minimum Gasteiger partial charge on any atom is -0.507 e. The lowest BCUT2D eigenvalue weighted by atomic mass is 10.00. The molecule has 1 aliphatic carbocycles. The lowest BCUT2D eigenvalue weighted by Crippen LogP contribution is -2.38. The molecule has 1 saturated carbocycles. The van der Waals surface area contributed by atoms with Crippen molar-refractivity contribution in [3.63, 3.8) is 0 Å². The molecule has 4 heteroatoms. The van der Waals surface area contributed by atoms with E-state index >= 15 is 0 Å². The monoisotopic (exact) mass is 249 g/mol. The molecule has 0 amide bonds. The van der Waals surface area contributed by atoms with Crippen LogP contribution in [0.25, 0.3) is 0 Å². The van der Waals surface area contributed by atoms with E-state index in [4.69, 9.17) is 9.47 Å². The number of hydrogen-bond donors (Lipinski definition) is 2. The van der Waals surface area contributed by atoms with Crippen LogP contribution in [0.15, 0.2) is 12.1 Å². The molecule has 3 rings (SSSR count). The highest BCUT2D eigenvalue weighted by atomic mass is 16.7. The number of benzene rings is 1. The maximum absolute atomic E-state index is 9.96. The van der Waals surface area contributed by atoms with E-state index in [0.717, 1.165) is 11.3 Å². The van der Waals surface area contributed by atoms with Gasteiger partial charge in [-0.2, -0.15) is 0 Å². The molecule has 2 aliphatic rings. The summed E-state index contributed by atoms with van der Waals surface area (Å²) in [5.41, 5.74) is 1.08. The van der Waals surface area contributed by atoms with E-state index < -0.39 is 0 Å². The maximum Gasteiger partial charge on any atom is 0.231 e. The van der Waals surface area contributed by atoms with Gasteiger partial charge in [0.2, 0.25) is 6.79 Å². The Bertz CT molecular complexity index is 453. The highest BCUT2D eigenvalue weighted by Crippen LogP contribution is 2.38. The third-order valence-electron chi connectivity index (χ3n) is 3.99. The van der Waals surface area contributed by atoms with Crippen LogP contribution in [0.2, 0.25) is 0 Å². The Morgan fingerprint density at radius 1 is 1.22 bits per heavy atom. The van der Waals surface area contributed by atoms with Crippen molar-refractivity contribution in [2.75, 3.05) is 6.79 Å². The van der Waals surface area contributed by atoms with Crippen LogP contribution in [0.4, 0.5) is 0 Å². The molecule has 0 spiro atoms. The molecule has 2 N–H and O–H groups in total. The van der Waals surface area contributed by atoms with Crippen molar-refractivity contribution in [1.29, 1.82) is 0 Å². The number of phenolic OH excluding ortho intramolecular Hbond substituents is 1.